The predicted octanol–water partition coefficient (Wildman–Crippen LogP) is 4.08. The van der Waals surface area contributed by atoms with Crippen molar-refractivity contribution in [2.75, 3.05) is 5.32 Å². The van der Waals surface area contributed by atoms with Gasteiger partial charge in [0.2, 0.25) is 5.91 Å². The zero-order chi connectivity index (χ0) is 20.3. The van der Waals surface area contributed by atoms with Gasteiger partial charge in [-0.3, -0.25) is 4.79 Å². The van der Waals surface area contributed by atoms with E-state index in [1.165, 1.54) is 12.1 Å². The van der Waals surface area contributed by atoms with Crippen LogP contribution in [0.15, 0.2) is 36.4 Å². The third-order valence-electron chi connectivity index (χ3n) is 5.66. The SMILES string of the molecule is CC(C)(C)C[C@H]1[NH+]=C[C@H](c2cccc(Cl)c2)[C@@]12C(=O)Nc1cc(Cl)c(F)cc12. The van der Waals surface area contributed by atoms with E-state index in [4.69, 9.17) is 23.2 Å². The van der Waals surface area contributed by atoms with Crippen LogP contribution in [-0.4, -0.2) is 18.2 Å². The average molecular weight is 420 g/mol. The first kappa shape index (κ1) is 19.4. The lowest BCUT2D eigenvalue weighted by Gasteiger charge is -2.33. The Bertz CT molecular complexity index is 999. The maximum Gasteiger partial charge on any atom is 0.243 e. The molecule has 2 aliphatic rings. The smallest absolute Gasteiger partial charge is 0.243 e. The number of hydrogen-bond donors (Lipinski definition) is 2. The fourth-order valence-electron chi connectivity index (χ4n) is 4.58. The first-order valence-corrected chi connectivity index (χ1v) is 10.0. The fraction of sp³-hybridized carbons (Fsp3) is 0.364. The van der Waals surface area contributed by atoms with Crippen LogP contribution in [0.1, 0.15) is 44.2 Å². The average Bonchev–Trinajstić information content (AvgIpc) is 3.08. The highest BCUT2D eigenvalue weighted by molar-refractivity contribution is 6.31. The molecule has 2 aromatic rings. The van der Waals surface area contributed by atoms with Crippen LogP contribution in [0.4, 0.5) is 10.1 Å². The highest BCUT2D eigenvalue weighted by Crippen LogP contribution is 2.52. The van der Waals surface area contributed by atoms with E-state index in [0.717, 1.165) is 12.0 Å². The van der Waals surface area contributed by atoms with Crippen molar-refractivity contribution < 1.29 is 14.2 Å². The maximum absolute atomic E-state index is 14.5. The van der Waals surface area contributed by atoms with E-state index in [9.17, 15) is 9.18 Å². The molecule has 2 N–H and O–H groups in total. The minimum atomic E-state index is -0.973. The molecular weight excluding hydrogens is 398 g/mol. The fourth-order valence-corrected chi connectivity index (χ4v) is 4.94. The summed E-state index contributed by atoms with van der Waals surface area (Å²) in [5.41, 5.74) is 1.11. The largest absolute Gasteiger partial charge is 0.325 e. The Hall–Kier alpha value is -1.91. The van der Waals surface area contributed by atoms with Crippen LogP contribution in [0.25, 0.3) is 0 Å². The van der Waals surface area contributed by atoms with Gasteiger partial charge < -0.3 is 5.32 Å². The normalized spacial score (nSPS) is 26.0. The summed E-state index contributed by atoms with van der Waals surface area (Å²) in [5, 5.41) is 3.54. The lowest BCUT2D eigenvalue weighted by atomic mass is 9.63. The van der Waals surface area contributed by atoms with Gasteiger partial charge in [0.15, 0.2) is 11.5 Å². The standard InChI is InChI=1S/C22H21Cl2FN2O/c1-21(2,3)10-19-22(15(11-26-19)12-5-4-6-13(23)7-12)14-8-17(25)16(24)9-18(14)27-20(22)28/h4-9,11,15,19H,10H2,1-3H3,(H,27,28)/p+1/t15-,19-,22-/m1/s1. The second kappa shape index (κ2) is 6.57. The molecule has 0 radical (unpaired) electrons. The second-order valence-electron chi connectivity index (χ2n) is 8.82. The molecule has 0 saturated heterocycles. The molecule has 2 heterocycles. The van der Waals surface area contributed by atoms with Gasteiger partial charge in [-0.05, 0) is 35.2 Å². The summed E-state index contributed by atoms with van der Waals surface area (Å²) >= 11 is 12.2. The molecule has 2 aliphatic heterocycles. The zero-order valence-electron chi connectivity index (χ0n) is 15.9. The molecule has 1 spiro atoms. The number of anilines is 1. The van der Waals surface area contributed by atoms with E-state index in [-0.39, 0.29) is 28.3 Å². The lowest BCUT2D eigenvalue weighted by Crippen LogP contribution is -2.78. The van der Waals surface area contributed by atoms with Crippen LogP contribution in [0.3, 0.4) is 0 Å². The van der Waals surface area contributed by atoms with Crippen molar-refractivity contribution in [3.8, 4) is 0 Å². The van der Waals surface area contributed by atoms with Crippen molar-refractivity contribution >= 4 is 41.0 Å². The monoisotopic (exact) mass is 419 g/mol. The van der Waals surface area contributed by atoms with Gasteiger partial charge in [-0.25, -0.2) is 9.38 Å². The van der Waals surface area contributed by atoms with Gasteiger partial charge in [0.1, 0.15) is 12.0 Å². The van der Waals surface area contributed by atoms with Gasteiger partial charge in [0.25, 0.3) is 0 Å². The Morgan fingerprint density at radius 2 is 1.96 bits per heavy atom. The quantitative estimate of drug-likeness (QED) is 0.756. The van der Waals surface area contributed by atoms with Crippen molar-refractivity contribution in [2.24, 2.45) is 5.41 Å². The summed E-state index contributed by atoms with van der Waals surface area (Å²) in [6.07, 6.45) is 2.68. The van der Waals surface area contributed by atoms with Crippen molar-refractivity contribution in [1.82, 2.24) is 0 Å². The van der Waals surface area contributed by atoms with Gasteiger partial charge in [0.05, 0.1) is 10.9 Å². The first-order valence-electron chi connectivity index (χ1n) is 9.29. The van der Waals surface area contributed by atoms with Gasteiger partial charge in [-0.1, -0.05) is 56.1 Å². The Morgan fingerprint density at radius 3 is 2.64 bits per heavy atom. The maximum atomic E-state index is 14.5. The molecule has 4 rings (SSSR count). The molecule has 0 aromatic heterocycles. The molecule has 6 heteroatoms. The summed E-state index contributed by atoms with van der Waals surface area (Å²) in [6.45, 7) is 6.39. The predicted molar refractivity (Wildman–Crippen MR) is 111 cm³/mol. The third kappa shape index (κ3) is 2.94. The number of nitrogens with one attached hydrogen (secondary N) is 2. The molecule has 0 unspecified atom stereocenters. The molecule has 0 fully saturated rings. The van der Waals surface area contributed by atoms with E-state index >= 15 is 0 Å². The zero-order valence-corrected chi connectivity index (χ0v) is 17.5. The summed E-state index contributed by atoms with van der Waals surface area (Å²) in [5.74, 6) is -0.965. The van der Waals surface area contributed by atoms with Crippen LogP contribution in [0.5, 0.6) is 0 Å². The van der Waals surface area contributed by atoms with Crippen LogP contribution < -0.4 is 10.3 Å². The van der Waals surface area contributed by atoms with Gasteiger partial charge in [-0.2, -0.15) is 0 Å². The van der Waals surface area contributed by atoms with Crippen molar-refractivity contribution in [3.63, 3.8) is 0 Å². The lowest BCUT2D eigenvalue weighted by molar-refractivity contribution is -0.500. The van der Waals surface area contributed by atoms with E-state index in [2.05, 4.69) is 31.1 Å². The Labute approximate surface area is 174 Å². The summed E-state index contributed by atoms with van der Waals surface area (Å²) in [4.78, 5) is 16.9. The Balaban J connectivity index is 1.95. The van der Waals surface area contributed by atoms with Crippen LogP contribution >= 0.6 is 23.2 Å². The number of amides is 1. The molecule has 3 atom stereocenters. The molecule has 0 aliphatic carbocycles. The number of benzene rings is 2. The number of rotatable bonds is 2. The first-order chi connectivity index (χ1) is 13.1. The molecule has 28 heavy (non-hydrogen) atoms. The molecule has 2 aromatic carbocycles. The van der Waals surface area contributed by atoms with Crippen LogP contribution in [0.2, 0.25) is 10.0 Å². The minimum absolute atomic E-state index is 0.00212. The van der Waals surface area contributed by atoms with Crippen LogP contribution in [0, 0.1) is 11.2 Å². The van der Waals surface area contributed by atoms with Gasteiger partial charge >= 0.3 is 0 Å². The molecular formula is C22H22Cl2FN2O+. The van der Waals surface area contributed by atoms with Crippen LogP contribution in [-0.2, 0) is 10.2 Å². The van der Waals surface area contributed by atoms with E-state index in [1.54, 1.807) is 6.07 Å². The number of halogens is 3. The molecule has 0 bridgehead atoms. The highest BCUT2D eigenvalue weighted by Gasteiger charge is 2.64. The summed E-state index contributed by atoms with van der Waals surface area (Å²) in [7, 11) is 0. The number of carbonyl (C=O) groups excluding carboxylic acids is 1. The summed E-state index contributed by atoms with van der Waals surface area (Å²) < 4.78 is 14.5. The number of fused-ring (bicyclic) bond motifs is 2. The van der Waals surface area contributed by atoms with Crippen molar-refractivity contribution in [1.29, 1.82) is 0 Å². The van der Waals surface area contributed by atoms with Gasteiger partial charge in [0, 0.05) is 22.7 Å². The van der Waals surface area contributed by atoms with Gasteiger partial charge in [-0.15, -0.1) is 0 Å². The second-order valence-corrected chi connectivity index (χ2v) is 9.66. The molecule has 3 nitrogen and oxygen atoms in total. The third-order valence-corrected chi connectivity index (χ3v) is 6.18. The van der Waals surface area contributed by atoms with E-state index < -0.39 is 11.2 Å². The Kier molecular flexibility index (Phi) is 4.55. The number of carbonyl (C=O) groups is 1. The van der Waals surface area contributed by atoms with Crippen molar-refractivity contribution in [3.05, 3.63) is 63.4 Å². The number of hydrogen-bond acceptors (Lipinski definition) is 1. The van der Waals surface area contributed by atoms with E-state index in [1.807, 2.05) is 24.4 Å². The minimum Gasteiger partial charge on any atom is -0.325 e. The van der Waals surface area contributed by atoms with E-state index in [0.29, 0.717) is 16.3 Å². The highest BCUT2D eigenvalue weighted by atomic mass is 35.5. The van der Waals surface area contributed by atoms with Crippen molar-refractivity contribution in [2.45, 2.75) is 44.6 Å². The summed E-state index contributed by atoms with van der Waals surface area (Å²) in [6, 6.07) is 10.2. The molecule has 146 valence electrons. The Morgan fingerprint density at radius 1 is 1.21 bits per heavy atom. The molecule has 1 amide bonds. The topological polar surface area (TPSA) is 43.1 Å². The molecule has 0 saturated carbocycles.